The van der Waals surface area contributed by atoms with E-state index < -0.39 is 0 Å². The number of aromatic nitrogens is 6. The van der Waals surface area contributed by atoms with Gasteiger partial charge >= 0.3 is 0 Å². The second kappa shape index (κ2) is 25.7. The molecule has 1 aromatic carbocycles. The highest BCUT2D eigenvalue weighted by Crippen LogP contribution is 2.34. The monoisotopic (exact) mass is 877 g/mol. The van der Waals surface area contributed by atoms with Crippen LogP contribution in [0.4, 0.5) is 0 Å². The summed E-state index contributed by atoms with van der Waals surface area (Å²) in [6.07, 6.45) is 31.7. The van der Waals surface area contributed by atoms with Gasteiger partial charge in [0.05, 0.1) is 45.6 Å². The van der Waals surface area contributed by atoms with Crippen LogP contribution in [0.5, 0.6) is 0 Å². The maximum absolute atomic E-state index is 5.26. The molecule has 7 aromatic rings. The van der Waals surface area contributed by atoms with Crippen molar-refractivity contribution in [3.05, 3.63) is 144 Å². The summed E-state index contributed by atoms with van der Waals surface area (Å²) in [4.78, 5) is 30.0. The summed E-state index contributed by atoms with van der Waals surface area (Å²) in [6.45, 7) is 9.05. The second-order valence-electron chi connectivity index (χ2n) is 18.3. The standard InChI is InChI=1S/C60H72N6/c1-5-9-13-17-21-45-29-33-61-53(37-45)57-41-51(42-58(65-57)54-38-46(30-34-62-54)22-18-14-10-6-2)49-25-27-50(28-26-49)52-43-59(55-39-47(31-35-63-55)23-19-15-11-7-3)66-60(44-52)56-40-48(32-36-64-56)24-20-16-12-8-4/h25-44H,5-24H2,1-4H3. The molecule has 0 aliphatic rings. The van der Waals surface area contributed by atoms with Gasteiger partial charge < -0.3 is 0 Å². The van der Waals surface area contributed by atoms with Crippen LogP contribution in [0.15, 0.2) is 122 Å². The molecule has 6 heterocycles. The Bertz CT molecular complexity index is 2240. The molecule has 0 atom stereocenters. The largest absolute Gasteiger partial charge is 0.255 e. The van der Waals surface area contributed by atoms with Crippen molar-refractivity contribution in [2.24, 2.45) is 0 Å². The van der Waals surface area contributed by atoms with Gasteiger partial charge in [0.15, 0.2) is 0 Å². The molecule has 6 heteroatoms. The molecule has 0 amide bonds. The molecule has 342 valence electrons. The highest BCUT2D eigenvalue weighted by atomic mass is 14.8. The van der Waals surface area contributed by atoms with Crippen molar-refractivity contribution in [2.75, 3.05) is 0 Å². The van der Waals surface area contributed by atoms with Crippen LogP contribution in [0, 0.1) is 0 Å². The first-order valence-electron chi connectivity index (χ1n) is 25.5. The van der Waals surface area contributed by atoms with Crippen molar-refractivity contribution < 1.29 is 0 Å². The second-order valence-corrected chi connectivity index (χ2v) is 18.3. The predicted molar refractivity (Wildman–Crippen MR) is 277 cm³/mol. The predicted octanol–water partition coefficient (Wildman–Crippen LogP) is 16.5. The number of hydrogen-bond acceptors (Lipinski definition) is 6. The Morgan fingerprint density at radius 1 is 0.258 bits per heavy atom. The summed E-state index contributed by atoms with van der Waals surface area (Å²) in [5.74, 6) is 0. The van der Waals surface area contributed by atoms with Gasteiger partial charge in [0.25, 0.3) is 0 Å². The van der Waals surface area contributed by atoms with Crippen LogP contribution in [0.3, 0.4) is 0 Å². The van der Waals surface area contributed by atoms with Crippen molar-refractivity contribution in [1.82, 2.24) is 29.9 Å². The molecule has 0 N–H and O–H groups in total. The zero-order valence-corrected chi connectivity index (χ0v) is 40.4. The summed E-state index contributed by atoms with van der Waals surface area (Å²) in [6, 6.07) is 35.3. The van der Waals surface area contributed by atoms with Gasteiger partial charge in [-0.25, -0.2) is 9.97 Å². The third-order valence-electron chi connectivity index (χ3n) is 12.8. The van der Waals surface area contributed by atoms with Crippen LogP contribution in [-0.2, 0) is 25.7 Å². The van der Waals surface area contributed by atoms with Gasteiger partial charge in [-0.2, -0.15) is 0 Å². The quantitative estimate of drug-likeness (QED) is 0.0504. The summed E-state index contributed by atoms with van der Waals surface area (Å²) in [7, 11) is 0. The molecule has 0 radical (unpaired) electrons. The Labute approximate surface area is 396 Å². The van der Waals surface area contributed by atoms with E-state index in [0.717, 1.165) is 93.5 Å². The molecule has 6 aromatic heterocycles. The SMILES string of the molecule is CCCCCCc1ccnc(-c2cc(-c3ccc(-c4cc(-c5cc(CCCCCC)ccn5)nc(-c5cc(CCCCCC)ccn5)c4)cc3)cc(-c3cc(CCCCCC)ccn3)n2)c1. The van der Waals surface area contributed by atoms with Gasteiger partial charge in [0.1, 0.15) is 0 Å². The van der Waals surface area contributed by atoms with E-state index in [0.29, 0.717) is 0 Å². The van der Waals surface area contributed by atoms with E-state index in [1.165, 1.54) is 125 Å². The van der Waals surface area contributed by atoms with Crippen molar-refractivity contribution >= 4 is 0 Å². The first-order valence-corrected chi connectivity index (χ1v) is 25.5. The third kappa shape index (κ3) is 14.1. The van der Waals surface area contributed by atoms with Crippen molar-refractivity contribution in [3.63, 3.8) is 0 Å². The number of benzene rings is 1. The van der Waals surface area contributed by atoms with E-state index in [1.54, 1.807) is 0 Å². The number of aryl methyl sites for hydroxylation is 4. The topological polar surface area (TPSA) is 77.3 Å². The lowest BCUT2D eigenvalue weighted by atomic mass is 9.97. The summed E-state index contributed by atoms with van der Waals surface area (Å²) < 4.78 is 0. The Kier molecular flexibility index (Phi) is 18.7. The minimum atomic E-state index is 0.862. The molecule has 0 saturated heterocycles. The van der Waals surface area contributed by atoms with Crippen molar-refractivity contribution in [2.45, 2.75) is 156 Å². The van der Waals surface area contributed by atoms with E-state index in [2.05, 4.69) is 125 Å². The van der Waals surface area contributed by atoms with Crippen LogP contribution in [-0.4, -0.2) is 29.9 Å². The molecular formula is C60H72N6. The maximum atomic E-state index is 5.26. The molecule has 66 heavy (non-hydrogen) atoms. The van der Waals surface area contributed by atoms with Gasteiger partial charge in [0.2, 0.25) is 0 Å². The summed E-state index contributed by atoms with van der Waals surface area (Å²) in [5.41, 5.74) is 16.6. The van der Waals surface area contributed by atoms with Gasteiger partial charge in [-0.3, -0.25) is 19.9 Å². The minimum absolute atomic E-state index is 0.862. The van der Waals surface area contributed by atoms with Crippen LogP contribution in [0.25, 0.3) is 67.8 Å². The lowest BCUT2D eigenvalue weighted by molar-refractivity contribution is 0.666. The average Bonchev–Trinajstić information content (AvgIpc) is 3.37. The highest BCUT2D eigenvalue weighted by molar-refractivity contribution is 5.79. The fourth-order valence-corrected chi connectivity index (χ4v) is 8.88. The molecule has 0 spiro atoms. The molecule has 0 aliphatic heterocycles. The van der Waals surface area contributed by atoms with E-state index in [9.17, 15) is 0 Å². The van der Waals surface area contributed by atoms with E-state index in [-0.39, 0.29) is 0 Å². The van der Waals surface area contributed by atoms with Crippen LogP contribution < -0.4 is 0 Å². The number of pyridine rings is 6. The Hall–Kier alpha value is -5.88. The smallest absolute Gasteiger partial charge is 0.0900 e. The third-order valence-corrected chi connectivity index (χ3v) is 12.8. The summed E-state index contributed by atoms with van der Waals surface area (Å²) in [5, 5.41) is 0. The van der Waals surface area contributed by atoms with Crippen LogP contribution in [0.2, 0.25) is 0 Å². The number of hydrogen-bond donors (Lipinski definition) is 0. The van der Waals surface area contributed by atoms with E-state index in [1.807, 2.05) is 24.8 Å². The first kappa shape index (κ1) is 48.1. The number of nitrogens with zero attached hydrogens (tertiary/aromatic N) is 6. The van der Waals surface area contributed by atoms with Gasteiger partial charge in [-0.1, -0.05) is 129 Å². The number of unbranched alkanes of at least 4 members (excludes halogenated alkanes) is 12. The molecule has 0 fully saturated rings. The lowest BCUT2D eigenvalue weighted by Crippen LogP contribution is -1.97. The van der Waals surface area contributed by atoms with Crippen molar-refractivity contribution in [1.29, 1.82) is 0 Å². The maximum Gasteiger partial charge on any atom is 0.0900 e. The van der Waals surface area contributed by atoms with Gasteiger partial charge in [-0.05, 0) is 169 Å². The first-order chi connectivity index (χ1) is 32.5. The molecule has 6 nitrogen and oxygen atoms in total. The fourth-order valence-electron chi connectivity index (χ4n) is 8.88. The zero-order chi connectivity index (χ0) is 45.8. The van der Waals surface area contributed by atoms with E-state index in [4.69, 9.17) is 29.9 Å². The zero-order valence-electron chi connectivity index (χ0n) is 40.4. The Balaban J connectivity index is 1.25. The normalized spacial score (nSPS) is 11.3. The molecule has 7 rings (SSSR count). The number of rotatable bonds is 26. The molecule has 0 unspecified atom stereocenters. The highest BCUT2D eigenvalue weighted by Gasteiger charge is 2.15. The molecule has 0 aliphatic carbocycles. The Morgan fingerprint density at radius 2 is 0.515 bits per heavy atom. The minimum Gasteiger partial charge on any atom is -0.255 e. The molecule has 0 bridgehead atoms. The van der Waals surface area contributed by atoms with Crippen LogP contribution >= 0.6 is 0 Å². The Morgan fingerprint density at radius 3 is 0.758 bits per heavy atom. The summed E-state index contributed by atoms with van der Waals surface area (Å²) >= 11 is 0. The molecular weight excluding hydrogens is 805 g/mol. The van der Waals surface area contributed by atoms with Crippen LogP contribution in [0.1, 0.15) is 153 Å². The molecule has 0 saturated carbocycles. The van der Waals surface area contributed by atoms with Gasteiger partial charge in [0, 0.05) is 24.8 Å². The average molecular weight is 877 g/mol. The van der Waals surface area contributed by atoms with Crippen molar-refractivity contribution in [3.8, 4) is 67.8 Å². The van der Waals surface area contributed by atoms with E-state index >= 15 is 0 Å². The van der Waals surface area contributed by atoms with Gasteiger partial charge in [-0.15, -0.1) is 0 Å². The lowest BCUT2D eigenvalue weighted by Gasteiger charge is -2.13. The fraction of sp³-hybridized carbons (Fsp3) is 0.400.